The zero-order chi connectivity index (χ0) is 25.3. The number of benzene rings is 1. The highest BCUT2D eigenvalue weighted by Crippen LogP contribution is 2.31. The maximum absolute atomic E-state index is 13.9. The van der Waals surface area contributed by atoms with Crippen molar-refractivity contribution in [2.24, 2.45) is 11.8 Å². The van der Waals surface area contributed by atoms with Crippen LogP contribution in [0.3, 0.4) is 0 Å². The van der Waals surface area contributed by atoms with Crippen LogP contribution >= 0.6 is 0 Å². The highest BCUT2D eigenvalue weighted by molar-refractivity contribution is 5.85. The maximum Gasteiger partial charge on any atom is 0.328 e. The second-order valence-corrected chi connectivity index (χ2v) is 10.1. The molecule has 0 unspecified atom stereocenters. The summed E-state index contributed by atoms with van der Waals surface area (Å²) in [7, 11) is 1.52. The van der Waals surface area contributed by atoms with Crippen LogP contribution in [0.5, 0.6) is 5.75 Å². The number of aromatic nitrogens is 2. The van der Waals surface area contributed by atoms with E-state index in [1.807, 2.05) is 0 Å². The number of carbonyl (C=O) groups excluding carboxylic acids is 2. The summed E-state index contributed by atoms with van der Waals surface area (Å²) in [6.45, 7) is 4.31. The summed E-state index contributed by atoms with van der Waals surface area (Å²) in [5.41, 5.74) is -2.21. The molecule has 0 spiro atoms. The number of methoxy groups -OCH3 is 1. The smallest absolute Gasteiger partial charge is 0.328 e. The van der Waals surface area contributed by atoms with Crippen LogP contribution in [-0.2, 0) is 16.1 Å². The van der Waals surface area contributed by atoms with Crippen molar-refractivity contribution in [2.75, 3.05) is 33.3 Å². The first kappa shape index (κ1) is 24.9. The molecule has 0 bridgehead atoms. The number of nitrogens with zero attached hydrogens (tertiary/aromatic N) is 3. The Balaban J connectivity index is 1.34. The van der Waals surface area contributed by atoms with Gasteiger partial charge in [0.15, 0.2) is 5.67 Å². The van der Waals surface area contributed by atoms with Crippen molar-refractivity contribution in [1.29, 1.82) is 0 Å². The number of hydrogen-bond donors (Lipinski definition) is 1. The SMILES string of the molecule is COc1ccc2[nH]c(=O)n(C[C@H]3CC[C@H](C(=O)N4CCN(C(=O)C(C)(C)F)CC4)CC3)c(=O)c2c1. The van der Waals surface area contributed by atoms with E-state index in [1.165, 1.54) is 30.4 Å². The molecule has 35 heavy (non-hydrogen) atoms. The minimum Gasteiger partial charge on any atom is -0.497 e. The van der Waals surface area contributed by atoms with Gasteiger partial charge in [-0.1, -0.05) is 0 Å². The maximum atomic E-state index is 13.9. The first-order chi connectivity index (χ1) is 16.6. The largest absolute Gasteiger partial charge is 0.497 e. The molecule has 1 aliphatic heterocycles. The van der Waals surface area contributed by atoms with E-state index in [-0.39, 0.29) is 23.3 Å². The Bertz CT molecular complexity index is 1220. The monoisotopic (exact) mass is 488 g/mol. The number of rotatable bonds is 5. The first-order valence-corrected chi connectivity index (χ1v) is 12.2. The number of alkyl halides is 1. The van der Waals surface area contributed by atoms with Gasteiger partial charge in [0.2, 0.25) is 5.91 Å². The second-order valence-electron chi connectivity index (χ2n) is 10.1. The molecule has 1 aliphatic carbocycles. The third kappa shape index (κ3) is 5.26. The molecule has 2 aromatic rings. The number of hydrogen-bond acceptors (Lipinski definition) is 5. The number of aromatic amines is 1. The van der Waals surface area contributed by atoms with Crippen LogP contribution in [0.1, 0.15) is 39.5 Å². The fraction of sp³-hybridized carbons (Fsp3) is 0.600. The lowest BCUT2D eigenvalue weighted by atomic mass is 9.81. The third-order valence-corrected chi connectivity index (χ3v) is 7.21. The fourth-order valence-corrected chi connectivity index (χ4v) is 5.14. The predicted octanol–water partition coefficient (Wildman–Crippen LogP) is 1.92. The normalized spacial score (nSPS) is 21.3. The van der Waals surface area contributed by atoms with Crippen LogP contribution in [0.25, 0.3) is 10.9 Å². The average Bonchev–Trinajstić information content (AvgIpc) is 2.85. The highest BCUT2D eigenvalue weighted by atomic mass is 19.1. The summed E-state index contributed by atoms with van der Waals surface area (Å²) in [4.78, 5) is 56.7. The van der Waals surface area contributed by atoms with Gasteiger partial charge in [0.25, 0.3) is 11.5 Å². The Hall–Kier alpha value is -3.17. The van der Waals surface area contributed by atoms with Crippen molar-refractivity contribution in [3.63, 3.8) is 0 Å². The lowest BCUT2D eigenvalue weighted by molar-refractivity contribution is -0.148. The summed E-state index contributed by atoms with van der Waals surface area (Å²) >= 11 is 0. The zero-order valence-electron chi connectivity index (χ0n) is 20.5. The van der Waals surface area contributed by atoms with Gasteiger partial charge in [0.1, 0.15) is 5.75 Å². The molecule has 2 heterocycles. The van der Waals surface area contributed by atoms with Gasteiger partial charge in [-0.05, 0) is 63.6 Å². The van der Waals surface area contributed by atoms with Gasteiger partial charge in [0, 0.05) is 38.6 Å². The summed E-state index contributed by atoms with van der Waals surface area (Å²) < 4.78 is 20.4. The molecule has 190 valence electrons. The van der Waals surface area contributed by atoms with Gasteiger partial charge in [-0.3, -0.25) is 19.0 Å². The van der Waals surface area contributed by atoms with E-state index in [0.717, 1.165) is 12.8 Å². The molecule has 4 rings (SSSR count). The number of H-pyrrole nitrogens is 1. The predicted molar refractivity (Wildman–Crippen MR) is 129 cm³/mol. The van der Waals surface area contributed by atoms with E-state index in [1.54, 1.807) is 23.1 Å². The molecule has 0 atom stereocenters. The molecule has 2 fully saturated rings. The molecule has 0 radical (unpaired) electrons. The molecule has 10 heteroatoms. The third-order valence-electron chi connectivity index (χ3n) is 7.21. The van der Waals surface area contributed by atoms with Crippen molar-refractivity contribution in [3.8, 4) is 5.75 Å². The molecule has 1 saturated heterocycles. The number of halogens is 1. The van der Waals surface area contributed by atoms with Crippen LogP contribution in [0, 0.1) is 11.8 Å². The summed E-state index contributed by atoms with van der Waals surface area (Å²) in [6.07, 6.45) is 2.86. The van der Waals surface area contributed by atoms with E-state index < -0.39 is 17.3 Å². The van der Waals surface area contributed by atoms with Crippen molar-refractivity contribution in [1.82, 2.24) is 19.4 Å². The molecule has 1 N–H and O–H groups in total. The van der Waals surface area contributed by atoms with Crippen LogP contribution in [0.4, 0.5) is 4.39 Å². The highest BCUT2D eigenvalue weighted by Gasteiger charge is 2.36. The molecule has 1 aromatic heterocycles. The zero-order valence-corrected chi connectivity index (χ0v) is 20.5. The van der Waals surface area contributed by atoms with Crippen molar-refractivity contribution in [3.05, 3.63) is 39.0 Å². The number of nitrogens with one attached hydrogen (secondary N) is 1. The molecule has 1 saturated carbocycles. The van der Waals surface area contributed by atoms with Gasteiger partial charge in [-0.25, -0.2) is 9.18 Å². The van der Waals surface area contributed by atoms with Crippen molar-refractivity contribution >= 4 is 22.7 Å². The summed E-state index contributed by atoms with van der Waals surface area (Å²) in [6, 6.07) is 4.98. The van der Waals surface area contributed by atoms with E-state index in [4.69, 9.17) is 4.74 Å². The topological polar surface area (TPSA) is 105 Å². The number of fused-ring (bicyclic) bond motifs is 1. The molecular formula is C25H33FN4O5. The Morgan fingerprint density at radius 3 is 2.29 bits per heavy atom. The first-order valence-electron chi connectivity index (χ1n) is 12.2. The van der Waals surface area contributed by atoms with Crippen molar-refractivity contribution < 1.29 is 18.7 Å². The molecule has 2 aliphatic rings. The van der Waals surface area contributed by atoms with Crippen LogP contribution in [0.15, 0.2) is 27.8 Å². The standard InChI is InChI=1S/C25H33FN4O5/c1-25(2,26)23(33)29-12-10-28(11-13-29)21(31)17-6-4-16(5-7-17)15-30-22(32)19-14-18(35-3)8-9-20(19)27-24(30)34/h8-9,14,16-17H,4-7,10-13,15H2,1-3H3,(H,27,34)/t16-,17-. The van der Waals surface area contributed by atoms with Crippen LogP contribution < -0.4 is 16.0 Å². The lowest BCUT2D eigenvalue weighted by Gasteiger charge is -2.39. The Morgan fingerprint density at radius 1 is 1.06 bits per heavy atom. The molecule has 9 nitrogen and oxygen atoms in total. The number of ether oxygens (including phenoxy) is 1. The minimum atomic E-state index is -1.91. The van der Waals surface area contributed by atoms with E-state index >= 15 is 0 Å². The van der Waals surface area contributed by atoms with Gasteiger partial charge in [0.05, 0.1) is 18.0 Å². The number of amides is 2. The quantitative estimate of drug-likeness (QED) is 0.693. The number of piperazine rings is 1. The van der Waals surface area contributed by atoms with Crippen LogP contribution in [-0.4, -0.2) is 70.1 Å². The fourth-order valence-electron chi connectivity index (χ4n) is 5.14. The van der Waals surface area contributed by atoms with Gasteiger partial charge in [-0.2, -0.15) is 0 Å². The van der Waals surface area contributed by atoms with E-state index in [2.05, 4.69) is 4.98 Å². The molecular weight excluding hydrogens is 455 g/mol. The lowest BCUT2D eigenvalue weighted by Crippen LogP contribution is -2.55. The average molecular weight is 489 g/mol. The summed E-state index contributed by atoms with van der Waals surface area (Å²) in [5, 5.41) is 0.404. The minimum absolute atomic E-state index is 0.0721. The van der Waals surface area contributed by atoms with Crippen LogP contribution in [0.2, 0.25) is 0 Å². The Kier molecular flexibility index (Phi) is 7.00. The van der Waals surface area contributed by atoms with Gasteiger partial charge in [-0.15, -0.1) is 0 Å². The number of carbonyl (C=O) groups is 2. The Labute approximate surface area is 202 Å². The molecule has 2 amide bonds. The van der Waals surface area contributed by atoms with Gasteiger partial charge < -0.3 is 19.5 Å². The van der Waals surface area contributed by atoms with Crippen molar-refractivity contribution in [2.45, 2.75) is 51.7 Å². The van der Waals surface area contributed by atoms with Gasteiger partial charge >= 0.3 is 5.69 Å². The van der Waals surface area contributed by atoms with E-state index in [0.29, 0.717) is 62.2 Å². The second kappa shape index (κ2) is 9.83. The Morgan fingerprint density at radius 2 is 1.69 bits per heavy atom. The summed E-state index contributed by atoms with van der Waals surface area (Å²) in [5.74, 6) is 0.0975. The molecule has 1 aromatic carbocycles. The van der Waals surface area contributed by atoms with E-state index in [9.17, 15) is 23.6 Å².